The highest BCUT2D eigenvalue weighted by atomic mass is 16.5. The summed E-state index contributed by atoms with van der Waals surface area (Å²) < 4.78 is 12.2. The molecule has 0 radical (unpaired) electrons. The highest BCUT2D eigenvalue weighted by molar-refractivity contribution is 5.43. The van der Waals surface area contributed by atoms with E-state index in [1.165, 1.54) is 0 Å². The van der Waals surface area contributed by atoms with Crippen molar-refractivity contribution in [1.82, 2.24) is 10.6 Å². The molecule has 0 spiro atoms. The van der Waals surface area contributed by atoms with E-state index in [0.717, 1.165) is 22.6 Å². The minimum absolute atomic E-state index is 0.0416. The van der Waals surface area contributed by atoms with Crippen LogP contribution in [0, 0.1) is 0 Å². The fraction of sp³-hybridized carbons (Fsp3) is 0.556. The quantitative estimate of drug-likeness (QED) is 0.535. The number of nitrogens with one attached hydrogen (secondary N) is 2. The van der Waals surface area contributed by atoms with Gasteiger partial charge in [0.25, 0.3) is 0 Å². The van der Waals surface area contributed by atoms with Crippen molar-refractivity contribution in [3.8, 4) is 11.5 Å². The highest BCUT2D eigenvalue weighted by Crippen LogP contribution is 2.40. The molecule has 0 unspecified atom stereocenters. The van der Waals surface area contributed by atoms with E-state index in [1.54, 1.807) is 7.11 Å². The van der Waals surface area contributed by atoms with Crippen LogP contribution in [-0.2, 0) is 0 Å². The molecule has 0 heterocycles. The Labute approximate surface area is 189 Å². The van der Waals surface area contributed by atoms with Gasteiger partial charge in [-0.05, 0) is 74.4 Å². The van der Waals surface area contributed by atoms with Gasteiger partial charge in [-0.25, -0.2) is 0 Å². The number of rotatable bonds is 7. The fourth-order valence-electron chi connectivity index (χ4n) is 3.70. The van der Waals surface area contributed by atoms with Gasteiger partial charge < -0.3 is 20.1 Å². The molecule has 0 aliphatic heterocycles. The summed E-state index contributed by atoms with van der Waals surface area (Å²) in [6.45, 7) is 19.4. The number of hydrogen-bond donors (Lipinski definition) is 2. The Morgan fingerprint density at radius 2 is 1.00 bits per heavy atom. The van der Waals surface area contributed by atoms with Crippen LogP contribution in [0.3, 0.4) is 0 Å². The summed E-state index contributed by atoms with van der Waals surface area (Å²) >= 11 is 0. The van der Waals surface area contributed by atoms with Crippen LogP contribution < -0.4 is 20.1 Å². The van der Waals surface area contributed by atoms with Crippen LogP contribution in [0.15, 0.2) is 48.5 Å². The van der Waals surface area contributed by atoms with Crippen LogP contribution in [0.2, 0.25) is 0 Å². The molecular weight excluding hydrogens is 384 g/mol. The molecule has 0 aromatic heterocycles. The molecule has 4 nitrogen and oxygen atoms in total. The van der Waals surface area contributed by atoms with Crippen molar-refractivity contribution in [1.29, 1.82) is 0 Å². The molecule has 0 saturated carbocycles. The summed E-state index contributed by atoms with van der Waals surface area (Å²) in [6.07, 6.45) is 0. The van der Waals surface area contributed by atoms with Crippen LogP contribution in [0.4, 0.5) is 0 Å². The number of ether oxygens (including phenoxy) is 2. The normalized spacial score (nSPS) is 14.8. The molecule has 2 rings (SSSR count). The smallest absolute Gasteiger partial charge is 0.124 e. The van der Waals surface area contributed by atoms with Gasteiger partial charge in [-0.3, -0.25) is 0 Å². The molecule has 0 aliphatic carbocycles. The van der Waals surface area contributed by atoms with Crippen LogP contribution >= 0.6 is 0 Å². The monoisotopic (exact) mass is 426 g/mol. The first-order chi connectivity index (χ1) is 14.2. The number of methoxy groups -OCH3 is 1. The maximum Gasteiger partial charge on any atom is 0.124 e. The van der Waals surface area contributed by atoms with E-state index in [1.807, 2.05) is 18.2 Å². The molecule has 0 bridgehead atoms. The molecule has 2 aromatic rings. The number of benzene rings is 2. The van der Waals surface area contributed by atoms with Crippen molar-refractivity contribution in [2.45, 2.75) is 91.1 Å². The second-order valence-corrected chi connectivity index (χ2v) is 11.2. The molecule has 2 atom stereocenters. The van der Waals surface area contributed by atoms with Gasteiger partial charge in [-0.2, -0.15) is 0 Å². The van der Waals surface area contributed by atoms with E-state index >= 15 is 0 Å². The predicted molar refractivity (Wildman–Crippen MR) is 131 cm³/mol. The maximum atomic E-state index is 6.40. The lowest BCUT2D eigenvalue weighted by molar-refractivity contribution is 0.126. The fourth-order valence-corrected chi connectivity index (χ4v) is 3.70. The lowest BCUT2D eigenvalue weighted by atomic mass is 9.88. The highest BCUT2D eigenvalue weighted by Gasteiger charge is 2.34. The van der Waals surface area contributed by atoms with Crippen molar-refractivity contribution < 1.29 is 9.47 Å². The van der Waals surface area contributed by atoms with E-state index in [4.69, 9.17) is 9.47 Å². The van der Waals surface area contributed by atoms with Crippen molar-refractivity contribution in [2.75, 3.05) is 7.11 Å². The molecule has 4 heteroatoms. The van der Waals surface area contributed by atoms with E-state index in [0.29, 0.717) is 0 Å². The summed E-state index contributed by atoms with van der Waals surface area (Å²) in [5.74, 6) is 1.77. The van der Waals surface area contributed by atoms with E-state index < -0.39 is 0 Å². The second-order valence-electron chi connectivity index (χ2n) is 11.2. The van der Waals surface area contributed by atoms with Crippen LogP contribution in [0.5, 0.6) is 11.5 Å². The Morgan fingerprint density at radius 3 is 1.39 bits per heavy atom. The molecule has 172 valence electrons. The first-order valence-corrected chi connectivity index (χ1v) is 11.2. The van der Waals surface area contributed by atoms with Crippen LogP contribution in [-0.4, -0.2) is 23.8 Å². The van der Waals surface area contributed by atoms with Crippen molar-refractivity contribution in [3.63, 3.8) is 0 Å². The van der Waals surface area contributed by atoms with Gasteiger partial charge in [0, 0.05) is 22.2 Å². The van der Waals surface area contributed by atoms with Gasteiger partial charge in [-0.1, -0.05) is 36.4 Å². The van der Waals surface area contributed by atoms with Gasteiger partial charge >= 0.3 is 0 Å². The van der Waals surface area contributed by atoms with Crippen LogP contribution in [0.1, 0.15) is 85.5 Å². The van der Waals surface area contributed by atoms with Gasteiger partial charge in [0.1, 0.15) is 17.1 Å². The van der Waals surface area contributed by atoms with E-state index in [9.17, 15) is 0 Å². The molecule has 2 aromatic carbocycles. The zero-order valence-electron chi connectivity index (χ0n) is 21.1. The Balaban J connectivity index is 2.71. The topological polar surface area (TPSA) is 42.5 Å². The van der Waals surface area contributed by atoms with Crippen molar-refractivity contribution in [3.05, 3.63) is 59.7 Å². The molecule has 0 amide bonds. The number of para-hydroxylation sites is 2. The average Bonchev–Trinajstić information content (AvgIpc) is 2.62. The molecule has 2 N–H and O–H groups in total. The Kier molecular flexibility index (Phi) is 7.83. The largest absolute Gasteiger partial charge is 0.496 e. The average molecular weight is 427 g/mol. The minimum atomic E-state index is -0.292. The zero-order chi connectivity index (χ0) is 23.4. The van der Waals surface area contributed by atoms with Gasteiger partial charge in [-0.15, -0.1) is 0 Å². The van der Waals surface area contributed by atoms with Crippen molar-refractivity contribution >= 4 is 0 Å². The zero-order valence-corrected chi connectivity index (χ0v) is 21.1. The molecule has 0 aliphatic rings. The van der Waals surface area contributed by atoms with E-state index in [-0.39, 0.29) is 28.8 Å². The lowest BCUT2D eigenvalue weighted by Gasteiger charge is -2.40. The predicted octanol–water partition coefficient (Wildman–Crippen LogP) is 6.43. The summed E-state index contributed by atoms with van der Waals surface area (Å²) in [6, 6.07) is 16.5. The standard InChI is InChI=1S/C27H42N2O2/c1-25(2,3)28-23(19-15-11-13-17-21(19)30-10)24(29-26(4,5)6)20-16-12-14-18-22(20)31-27(7,8)9/h11-18,23-24,28-29H,1-10H3/t23-,24-/m0/s1. The van der Waals surface area contributed by atoms with Gasteiger partial charge in [0.15, 0.2) is 0 Å². The summed E-state index contributed by atoms with van der Waals surface area (Å²) in [4.78, 5) is 0. The Bertz CT molecular complexity index is 841. The summed E-state index contributed by atoms with van der Waals surface area (Å²) in [7, 11) is 1.73. The lowest BCUT2D eigenvalue weighted by Crippen LogP contribution is -2.49. The van der Waals surface area contributed by atoms with Gasteiger partial charge in [0.05, 0.1) is 19.2 Å². The Hall–Kier alpha value is -2.04. The SMILES string of the molecule is COc1ccccc1[C@H](NC(C)(C)C)[C@@H](NC(C)(C)C)c1ccccc1OC(C)(C)C. The summed E-state index contributed by atoms with van der Waals surface area (Å²) in [5.41, 5.74) is 1.73. The molecular formula is C27H42N2O2. The molecule has 0 saturated heterocycles. The first kappa shape index (κ1) is 25.2. The van der Waals surface area contributed by atoms with Crippen LogP contribution in [0.25, 0.3) is 0 Å². The second kappa shape index (κ2) is 9.62. The van der Waals surface area contributed by atoms with Gasteiger partial charge in [0.2, 0.25) is 0 Å². The molecule has 0 fully saturated rings. The Morgan fingerprint density at radius 1 is 0.613 bits per heavy atom. The third-order valence-corrected chi connectivity index (χ3v) is 4.65. The molecule has 31 heavy (non-hydrogen) atoms. The minimum Gasteiger partial charge on any atom is -0.496 e. The third-order valence-electron chi connectivity index (χ3n) is 4.65. The number of hydrogen-bond acceptors (Lipinski definition) is 4. The third kappa shape index (κ3) is 7.86. The summed E-state index contributed by atoms with van der Waals surface area (Å²) in [5, 5.41) is 7.73. The van der Waals surface area contributed by atoms with E-state index in [2.05, 4.69) is 103 Å². The maximum absolute atomic E-state index is 6.40. The first-order valence-electron chi connectivity index (χ1n) is 11.2. The van der Waals surface area contributed by atoms with Crippen molar-refractivity contribution in [2.24, 2.45) is 0 Å².